The zero-order valence-electron chi connectivity index (χ0n) is 15.2. The molecular weight excluding hydrogens is 312 g/mol. The summed E-state index contributed by atoms with van der Waals surface area (Å²) in [6.07, 6.45) is 4.02. The molecule has 0 saturated heterocycles. The fourth-order valence-corrected chi connectivity index (χ4v) is 1.77. The van der Waals surface area contributed by atoms with E-state index in [2.05, 4.69) is 13.5 Å². The summed E-state index contributed by atoms with van der Waals surface area (Å²) >= 11 is 0. The maximum absolute atomic E-state index is 11.9. The molecule has 0 fully saturated rings. The molecule has 0 spiro atoms. The lowest BCUT2D eigenvalue weighted by atomic mass is 10.0. The van der Waals surface area contributed by atoms with E-state index in [4.69, 9.17) is 14.9 Å². The number of rotatable bonds is 10. The second kappa shape index (κ2) is 14.5. The summed E-state index contributed by atoms with van der Waals surface area (Å²) < 4.78 is 5.13. The maximum Gasteiger partial charge on any atom is 0.334 e. The third-order valence-corrected chi connectivity index (χ3v) is 3.20. The average Bonchev–Trinajstić information content (AvgIpc) is 2.51. The minimum Gasteiger partial charge on any atom is -0.481 e. The first kappa shape index (κ1) is 24.1. The molecule has 0 aromatic carbocycles. The van der Waals surface area contributed by atoms with E-state index in [-0.39, 0.29) is 12.0 Å². The Morgan fingerprint density at radius 1 is 1.00 bits per heavy atom. The molecule has 0 aromatic heterocycles. The van der Waals surface area contributed by atoms with Crippen molar-refractivity contribution in [2.45, 2.75) is 66.2 Å². The summed E-state index contributed by atoms with van der Waals surface area (Å²) in [6.45, 7) is 10.9. The van der Waals surface area contributed by atoms with Crippen LogP contribution in [0.25, 0.3) is 0 Å². The van der Waals surface area contributed by atoms with Crippen LogP contribution in [0.2, 0.25) is 0 Å². The van der Waals surface area contributed by atoms with E-state index in [9.17, 15) is 14.4 Å². The first-order chi connectivity index (χ1) is 11.2. The van der Waals surface area contributed by atoms with Gasteiger partial charge in [0.25, 0.3) is 0 Å². The molecule has 0 atom stereocenters. The molecule has 0 aliphatic carbocycles. The Kier molecular flexibility index (Phi) is 14.6. The van der Waals surface area contributed by atoms with Gasteiger partial charge in [-0.15, -0.1) is 0 Å². The van der Waals surface area contributed by atoms with Crippen molar-refractivity contribution in [3.63, 3.8) is 0 Å². The standard InChI is InChI=1S/C14H24O4.C4H6O2/c1-4-7-8-9-18-14(17)12(10-13(15)16)11(5-2)6-3;1-3(2)4(5)6/h4-10H2,1-3H3,(H,15,16);1H2,2H3,(H,5,6). The van der Waals surface area contributed by atoms with Crippen LogP contribution in [0, 0.1) is 0 Å². The minimum absolute atomic E-state index is 0.176. The number of carbonyl (C=O) groups is 3. The Hall–Kier alpha value is -2.11. The van der Waals surface area contributed by atoms with Crippen molar-refractivity contribution in [1.29, 1.82) is 0 Å². The van der Waals surface area contributed by atoms with E-state index in [1.165, 1.54) is 6.92 Å². The summed E-state index contributed by atoms with van der Waals surface area (Å²) in [5.41, 5.74) is 1.37. The van der Waals surface area contributed by atoms with E-state index in [0.717, 1.165) is 24.8 Å². The topological polar surface area (TPSA) is 101 Å². The molecule has 0 aliphatic rings. The summed E-state index contributed by atoms with van der Waals surface area (Å²) in [6, 6.07) is 0. The largest absolute Gasteiger partial charge is 0.481 e. The van der Waals surface area contributed by atoms with Gasteiger partial charge in [-0.2, -0.15) is 0 Å². The van der Waals surface area contributed by atoms with Gasteiger partial charge < -0.3 is 14.9 Å². The maximum atomic E-state index is 11.9. The molecule has 0 saturated carbocycles. The van der Waals surface area contributed by atoms with Gasteiger partial charge in [0.15, 0.2) is 0 Å². The van der Waals surface area contributed by atoms with Gasteiger partial charge in [-0.3, -0.25) is 4.79 Å². The Morgan fingerprint density at radius 3 is 1.83 bits per heavy atom. The predicted molar refractivity (Wildman–Crippen MR) is 92.8 cm³/mol. The van der Waals surface area contributed by atoms with Crippen molar-refractivity contribution < 1.29 is 29.3 Å². The van der Waals surface area contributed by atoms with Crippen LogP contribution in [0.4, 0.5) is 0 Å². The number of aliphatic carboxylic acids is 2. The highest BCUT2D eigenvalue weighted by atomic mass is 16.5. The van der Waals surface area contributed by atoms with Crippen LogP contribution >= 0.6 is 0 Å². The number of hydrogen-bond donors (Lipinski definition) is 2. The van der Waals surface area contributed by atoms with Gasteiger partial charge in [0.1, 0.15) is 0 Å². The van der Waals surface area contributed by atoms with E-state index >= 15 is 0 Å². The second-order valence-corrected chi connectivity index (χ2v) is 5.29. The quantitative estimate of drug-likeness (QED) is 0.354. The van der Waals surface area contributed by atoms with Crippen LogP contribution in [0.15, 0.2) is 23.3 Å². The zero-order valence-corrected chi connectivity index (χ0v) is 15.2. The number of ether oxygens (including phenoxy) is 1. The lowest BCUT2D eigenvalue weighted by Crippen LogP contribution is -2.14. The number of carboxylic acid groups (broad SMARTS) is 2. The normalized spacial score (nSPS) is 9.33. The molecule has 0 aromatic rings. The first-order valence-corrected chi connectivity index (χ1v) is 8.19. The third-order valence-electron chi connectivity index (χ3n) is 3.20. The Balaban J connectivity index is 0. The molecule has 0 heterocycles. The average molecular weight is 342 g/mol. The van der Waals surface area contributed by atoms with Gasteiger partial charge in [0.05, 0.1) is 13.0 Å². The summed E-state index contributed by atoms with van der Waals surface area (Å²) in [4.78, 5) is 32.2. The number of hydrogen-bond acceptors (Lipinski definition) is 4. The third kappa shape index (κ3) is 12.4. The zero-order chi connectivity index (χ0) is 19.1. The number of esters is 1. The van der Waals surface area contributed by atoms with E-state index < -0.39 is 17.9 Å². The molecule has 0 bridgehead atoms. The summed E-state index contributed by atoms with van der Waals surface area (Å²) in [5, 5.41) is 16.7. The van der Waals surface area contributed by atoms with Crippen LogP contribution in [-0.2, 0) is 19.1 Å². The monoisotopic (exact) mass is 342 g/mol. The van der Waals surface area contributed by atoms with E-state index in [1.807, 2.05) is 13.8 Å². The molecule has 0 radical (unpaired) electrons. The second-order valence-electron chi connectivity index (χ2n) is 5.29. The Bertz CT molecular complexity index is 444. The lowest BCUT2D eigenvalue weighted by Gasteiger charge is -2.11. The number of unbranched alkanes of at least 4 members (excludes halogenated alkanes) is 2. The van der Waals surface area contributed by atoms with Crippen molar-refractivity contribution in [3.8, 4) is 0 Å². The van der Waals surface area contributed by atoms with Gasteiger partial charge in [-0.25, -0.2) is 9.59 Å². The van der Waals surface area contributed by atoms with Gasteiger partial charge in [0, 0.05) is 11.1 Å². The SMILES string of the molecule is C=C(C)C(=O)O.CCCCCOC(=O)C(CC(=O)O)=C(CC)CC. The predicted octanol–water partition coefficient (Wildman–Crippen LogP) is 3.96. The molecule has 0 rings (SSSR count). The van der Waals surface area contributed by atoms with Crippen LogP contribution < -0.4 is 0 Å². The minimum atomic E-state index is -0.991. The van der Waals surface area contributed by atoms with Crippen molar-refractivity contribution in [2.24, 2.45) is 0 Å². The highest BCUT2D eigenvalue weighted by Crippen LogP contribution is 2.18. The summed E-state index contributed by atoms with van der Waals surface area (Å²) in [5.74, 6) is -2.39. The van der Waals surface area contributed by atoms with E-state index in [0.29, 0.717) is 25.0 Å². The van der Waals surface area contributed by atoms with Crippen molar-refractivity contribution in [3.05, 3.63) is 23.3 Å². The van der Waals surface area contributed by atoms with Crippen LogP contribution in [0.1, 0.15) is 66.2 Å². The Morgan fingerprint density at radius 2 is 1.50 bits per heavy atom. The molecule has 6 heteroatoms. The number of allylic oxidation sites excluding steroid dienone is 1. The molecule has 2 N–H and O–H groups in total. The Labute approximate surface area is 144 Å². The van der Waals surface area contributed by atoms with Crippen molar-refractivity contribution >= 4 is 17.9 Å². The fourth-order valence-electron chi connectivity index (χ4n) is 1.77. The van der Waals surface area contributed by atoms with Gasteiger partial charge >= 0.3 is 17.9 Å². The molecule has 0 amide bonds. The van der Waals surface area contributed by atoms with Crippen LogP contribution in [0.3, 0.4) is 0 Å². The van der Waals surface area contributed by atoms with Gasteiger partial charge in [-0.05, 0) is 26.2 Å². The lowest BCUT2D eigenvalue weighted by molar-refractivity contribution is -0.143. The molecular formula is C18H30O6. The van der Waals surface area contributed by atoms with Crippen LogP contribution in [-0.4, -0.2) is 34.7 Å². The molecule has 0 unspecified atom stereocenters. The highest BCUT2D eigenvalue weighted by molar-refractivity contribution is 5.94. The molecule has 0 aliphatic heterocycles. The summed E-state index contributed by atoms with van der Waals surface area (Å²) in [7, 11) is 0. The molecule has 24 heavy (non-hydrogen) atoms. The van der Waals surface area contributed by atoms with Crippen molar-refractivity contribution in [1.82, 2.24) is 0 Å². The molecule has 6 nitrogen and oxygen atoms in total. The molecule has 138 valence electrons. The number of carboxylic acids is 2. The number of carbonyl (C=O) groups excluding carboxylic acids is 1. The smallest absolute Gasteiger partial charge is 0.334 e. The van der Waals surface area contributed by atoms with Gasteiger partial charge in [-0.1, -0.05) is 45.8 Å². The highest BCUT2D eigenvalue weighted by Gasteiger charge is 2.18. The first-order valence-electron chi connectivity index (χ1n) is 8.19. The van der Waals surface area contributed by atoms with Gasteiger partial charge in [0.2, 0.25) is 0 Å². The van der Waals surface area contributed by atoms with E-state index in [1.54, 1.807) is 0 Å². The fraction of sp³-hybridized carbons (Fsp3) is 0.611. The van der Waals surface area contributed by atoms with Crippen LogP contribution in [0.5, 0.6) is 0 Å². The van der Waals surface area contributed by atoms with Crippen molar-refractivity contribution in [2.75, 3.05) is 6.61 Å².